The summed E-state index contributed by atoms with van der Waals surface area (Å²) < 4.78 is 18.6. The Morgan fingerprint density at radius 2 is 1.65 bits per heavy atom. The molecule has 4 rings (SSSR count). The Labute approximate surface area is 132 Å². The molecule has 2 aromatic heterocycles. The van der Waals surface area contributed by atoms with Gasteiger partial charge in [0.2, 0.25) is 5.88 Å². The molecule has 2 heterocycles. The lowest BCUT2D eigenvalue weighted by atomic mass is 10.1. The van der Waals surface area contributed by atoms with E-state index in [2.05, 4.69) is 4.98 Å². The molecule has 0 fully saturated rings. The Morgan fingerprint density at radius 3 is 2.43 bits per heavy atom. The molecule has 0 radical (unpaired) electrons. The minimum absolute atomic E-state index is 0.273. The van der Waals surface area contributed by atoms with Crippen molar-refractivity contribution in [3.05, 3.63) is 66.5 Å². The first-order chi connectivity index (χ1) is 11.2. The lowest BCUT2D eigenvalue weighted by Crippen LogP contribution is -1.94. The van der Waals surface area contributed by atoms with E-state index in [9.17, 15) is 4.39 Å². The number of halogens is 1. The molecule has 2 aromatic carbocycles. The van der Waals surface area contributed by atoms with Gasteiger partial charge in [0.05, 0.1) is 29.2 Å². The second-order valence-corrected chi connectivity index (χ2v) is 5.27. The lowest BCUT2D eigenvalue weighted by molar-refractivity contribution is 0.404. The molecule has 4 aromatic rings. The first-order valence-corrected chi connectivity index (χ1v) is 7.25. The Bertz CT molecular complexity index is 1010. The smallest absolute Gasteiger partial charge is 0.223 e. The number of para-hydroxylation sites is 1. The third-order valence-electron chi connectivity index (χ3n) is 3.81. The molecule has 0 spiro atoms. The summed E-state index contributed by atoms with van der Waals surface area (Å²) in [5.74, 6) is 0.241. The number of ether oxygens (including phenoxy) is 1. The van der Waals surface area contributed by atoms with E-state index in [0.29, 0.717) is 11.6 Å². The van der Waals surface area contributed by atoms with Gasteiger partial charge < -0.3 is 4.74 Å². The third-order valence-corrected chi connectivity index (χ3v) is 3.81. The van der Waals surface area contributed by atoms with Gasteiger partial charge in [0.25, 0.3) is 0 Å². The summed E-state index contributed by atoms with van der Waals surface area (Å²) in [6.45, 7) is 0. The summed E-state index contributed by atoms with van der Waals surface area (Å²) in [4.78, 5) is 9.24. The van der Waals surface area contributed by atoms with Crippen LogP contribution in [0.4, 0.5) is 4.39 Å². The summed E-state index contributed by atoms with van der Waals surface area (Å²) in [5.41, 5.74) is 3.24. The van der Waals surface area contributed by atoms with Crippen molar-refractivity contribution in [3.63, 3.8) is 0 Å². The van der Waals surface area contributed by atoms with Crippen molar-refractivity contribution in [3.8, 4) is 17.1 Å². The zero-order chi connectivity index (χ0) is 15.8. The highest BCUT2D eigenvalue weighted by Gasteiger charge is 2.10. The zero-order valence-corrected chi connectivity index (χ0v) is 12.5. The van der Waals surface area contributed by atoms with Gasteiger partial charge >= 0.3 is 0 Å². The van der Waals surface area contributed by atoms with Crippen LogP contribution < -0.4 is 4.74 Å². The molecular weight excluding hydrogens is 291 g/mol. The molecule has 0 N–H and O–H groups in total. The summed E-state index contributed by atoms with van der Waals surface area (Å²) in [5, 5.41) is 1.90. The fourth-order valence-corrected chi connectivity index (χ4v) is 2.67. The fraction of sp³-hybridized carbons (Fsp3) is 0.0526. The van der Waals surface area contributed by atoms with Crippen LogP contribution in [0.1, 0.15) is 0 Å². The first kappa shape index (κ1) is 13.6. The molecule has 0 aliphatic carbocycles. The highest BCUT2D eigenvalue weighted by molar-refractivity contribution is 5.96. The highest BCUT2D eigenvalue weighted by Crippen LogP contribution is 2.30. The Kier molecular flexibility index (Phi) is 3.15. The maximum absolute atomic E-state index is 13.1. The predicted molar refractivity (Wildman–Crippen MR) is 89.0 cm³/mol. The molecule has 0 bridgehead atoms. The van der Waals surface area contributed by atoms with Gasteiger partial charge in [-0.2, -0.15) is 0 Å². The van der Waals surface area contributed by atoms with Crippen LogP contribution in [0.15, 0.2) is 60.7 Å². The fourth-order valence-electron chi connectivity index (χ4n) is 2.67. The number of benzene rings is 2. The number of aromatic nitrogens is 2. The lowest BCUT2D eigenvalue weighted by Gasteiger charge is -2.09. The van der Waals surface area contributed by atoms with Crippen molar-refractivity contribution in [2.75, 3.05) is 7.11 Å². The minimum Gasteiger partial charge on any atom is -0.480 e. The van der Waals surface area contributed by atoms with Crippen LogP contribution in [0.25, 0.3) is 33.1 Å². The molecule has 0 saturated carbocycles. The quantitative estimate of drug-likeness (QED) is 0.508. The van der Waals surface area contributed by atoms with Crippen LogP contribution in [0.2, 0.25) is 0 Å². The molecule has 112 valence electrons. The van der Waals surface area contributed by atoms with Gasteiger partial charge in [-0.25, -0.2) is 14.4 Å². The number of pyridine rings is 2. The van der Waals surface area contributed by atoms with E-state index in [-0.39, 0.29) is 5.82 Å². The van der Waals surface area contributed by atoms with Crippen LogP contribution in [0.5, 0.6) is 5.88 Å². The van der Waals surface area contributed by atoms with Crippen molar-refractivity contribution in [1.29, 1.82) is 0 Å². The van der Waals surface area contributed by atoms with E-state index in [1.807, 2.05) is 36.4 Å². The van der Waals surface area contributed by atoms with Crippen molar-refractivity contribution in [1.82, 2.24) is 9.97 Å². The number of nitrogens with zero attached hydrogens (tertiary/aromatic N) is 2. The van der Waals surface area contributed by atoms with Gasteiger partial charge in [-0.05, 0) is 42.5 Å². The van der Waals surface area contributed by atoms with Crippen LogP contribution in [-0.2, 0) is 0 Å². The number of methoxy groups -OCH3 is 1. The summed E-state index contributed by atoms with van der Waals surface area (Å²) in [6.07, 6.45) is 0. The second kappa shape index (κ2) is 5.32. The SMILES string of the molecule is COc1nc(-c2ccc(F)cc2)cc2nc3ccccc3cc12. The molecule has 23 heavy (non-hydrogen) atoms. The minimum atomic E-state index is -0.273. The molecule has 0 atom stereocenters. The summed E-state index contributed by atoms with van der Waals surface area (Å²) in [6, 6.07) is 18.1. The third kappa shape index (κ3) is 2.38. The topological polar surface area (TPSA) is 35.0 Å². The van der Waals surface area contributed by atoms with Gasteiger partial charge in [-0.15, -0.1) is 0 Å². The van der Waals surface area contributed by atoms with Gasteiger partial charge in [0, 0.05) is 10.9 Å². The average molecular weight is 304 g/mol. The second-order valence-electron chi connectivity index (χ2n) is 5.27. The molecule has 4 heteroatoms. The number of fused-ring (bicyclic) bond motifs is 2. The van der Waals surface area contributed by atoms with Gasteiger partial charge in [-0.3, -0.25) is 0 Å². The van der Waals surface area contributed by atoms with E-state index in [1.165, 1.54) is 12.1 Å². The van der Waals surface area contributed by atoms with Crippen molar-refractivity contribution in [2.24, 2.45) is 0 Å². The molecule has 3 nitrogen and oxygen atoms in total. The molecule has 0 aliphatic rings. The Balaban J connectivity index is 2.00. The Morgan fingerprint density at radius 1 is 0.870 bits per heavy atom. The van der Waals surface area contributed by atoms with Crippen LogP contribution in [0.3, 0.4) is 0 Å². The maximum Gasteiger partial charge on any atom is 0.223 e. The standard InChI is InChI=1S/C19H13FN2O/c1-23-19-15-10-13-4-2-3-5-16(13)21-18(15)11-17(22-19)12-6-8-14(20)9-7-12/h2-11H,1H3. The van der Waals surface area contributed by atoms with E-state index in [1.54, 1.807) is 19.2 Å². The molecular formula is C19H13FN2O. The summed E-state index contributed by atoms with van der Waals surface area (Å²) >= 11 is 0. The van der Waals surface area contributed by atoms with Crippen LogP contribution in [-0.4, -0.2) is 17.1 Å². The normalized spacial score (nSPS) is 11.0. The highest BCUT2D eigenvalue weighted by atomic mass is 19.1. The number of hydrogen-bond donors (Lipinski definition) is 0. The van der Waals surface area contributed by atoms with E-state index in [4.69, 9.17) is 9.72 Å². The Hall–Kier alpha value is -3.01. The van der Waals surface area contributed by atoms with E-state index in [0.717, 1.165) is 27.4 Å². The van der Waals surface area contributed by atoms with Gasteiger partial charge in [0.1, 0.15) is 5.82 Å². The van der Waals surface area contributed by atoms with Gasteiger partial charge in [0.15, 0.2) is 0 Å². The zero-order valence-electron chi connectivity index (χ0n) is 12.5. The molecule has 0 aliphatic heterocycles. The average Bonchev–Trinajstić information content (AvgIpc) is 2.59. The van der Waals surface area contributed by atoms with Crippen LogP contribution in [0, 0.1) is 5.82 Å². The number of hydrogen-bond acceptors (Lipinski definition) is 3. The van der Waals surface area contributed by atoms with Gasteiger partial charge in [-0.1, -0.05) is 18.2 Å². The molecule has 0 saturated heterocycles. The monoisotopic (exact) mass is 304 g/mol. The van der Waals surface area contributed by atoms with Crippen molar-refractivity contribution >= 4 is 21.8 Å². The summed E-state index contributed by atoms with van der Waals surface area (Å²) in [7, 11) is 1.59. The van der Waals surface area contributed by atoms with E-state index >= 15 is 0 Å². The molecule has 0 unspecified atom stereocenters. The number of rotatable bonds is 2. The predicted octanol–water partition coefficient (Wildman–Crippen LogP) is 4.60. The molecule has 0 amide bonds. The van der Waals surface area contributed by atoms with Crippen molar-refractivity contribution < 1.29 is 9.13 Å². The van der Waals surface area contributed by atoms with Crippen molar-refractivity contribution in [2.45, 2.75) is 0 Å². The van der Waals surface area contributed by atoms with E-state index < -0.39 is 0 Å². The first-order valence-electron chi connectivity index (χ1n) is 7.25. The van der Waals surface area contributed by atoms with Crippen LogP contribution >= 0.6 is 0 Å². The largest absolute Gasteiger partial charge is 0.480 e. The maximum atomic E-state index is 13.1.